The molecule has 0 spiro atoms. The second-order valence-electron chi connectivity index (χ2n) is 3.05. The predicted octanol–water partition coefficient (Wildman–Crippen LogP) is 1.37. The van der Waals surface area contributed by atoms with Crippen molar-refractivity contribution >= 4 is 14.1 Å². The van der Waals surface area contributed by atoms with Crippen molar-refractivity contribution in [3.05, 3.63) is 11.8 Å². The van der Waals surface area contributed by atoms with E-state index < -0.39 is 17.3 Å². The van der Waals surface area contributed by atoms with E-state index in [0.717, 1.165) is 6.21 Å². The number of aliphatic imine (C=N–C) groups is 1. The van der Waals surface area contributed by atoms with E-state index in [-0.39, 0.29) is 0 Å². The van der Waals surface area contributed by atoms with Gasteiger partial charge in [0, 0.05) is 11.7 Å². The van der Waals surface area contributed by atoms with E-state index in [1.807, 2.05) is 0 Å². The molecule has 6 heteroatoms. The highest BCUT2D eigenvalue weighted by Gasteiger charge is 2.30. The maximum Gasteiger partial charge on any atom is 0.430 e. The highest BCUT2D eigenvalue weighted by atomic mass is 19.4. The first-order chi connectivity index (χ1) is 5.63. The molecule has 0 amide bonds. The number of rotatable bonds is 2. The summed E-state index contributed by atoms with van der Waals surface area (Å²) in [6.07, 6.45) is -2.89. The Morgan fingerprint density at radius 2 is 1.85 bits per heavy atom. The van der Waals surface area contributed by atoms with Crippen molar-refractivity contribution < 1.29 is 13.2 Å². The van der Waals surface area contributed by atoms with E-state index in [9.17, 15) is 13.2 Å². The zero-order valence-electron chi connectivity index (χ0n) is 7.39. The number of allylic oxidation sites excluding steroid dienone is 2. The van der Waals surface area contributed by atoms with Crippen LogP contribution in [0.3, 0.4) is 0 Å². The summed E-state index contributed by atoms with van der Waals surface area (Å²) >= 11 is 0. The average Bonchev–Trinajstić information content (AvgIpc) is 1.82. The molecular weight excluding hydrogens is 180 g/mol. The van der Waals surface area contributed by atoms with Crippen molar-refractivity contribution in [2.75, 3.05) is 0 Å². The molecule has 0 unspecified atom stereocenters. The fraction of sp³-hybridized carbons (Fsp3) is 0.571. The van der Waals surface area contributed by atoms with Gasteiger partial charge in [-0.3, -0.25) is 4.99 Å². The summed E-state index contributed by atoms with van der Waals surface area (Å²) in [7, 11) is 5.38. The maximum absolute atomic E-state index is 11.8. The number of hydrogen-bond acceptors (Lipinski definition) is 2. The molecule has 0 fully saturated rings. The van der Waals surface area contributed by atoms with Crippen LogP contribution in [-0.4, -0.2) is 25.7 Å². The molecule has 0 aliphatic carbocycles. The van der Waals surface area contributed by atoms with Gasteiger partial charge in [0.2, 0.25) is 0 Å². The first-order valence-electron chi connectivity index (χ1n) is 3.50. The van der Waals surface area contributed by atoms with Crippen LogP contribution < -0.4 is 5.73 Å². The van der Waals surface area contributed by atoms with E-state index in [1.54, 1.807) is 13.8 Å². The van der Waals surface area contributed by atoms with Gasteiger partial charge in [-0.2, -0.15) is 13.2 Å². The Morgan fingerprint density at radius 1 is 1.38 bits per heavy atom. The minimum Gasteiger partial charge on any atom is -0.395 e. The maximum atomic E-state index is 11.8. The van der Waals surface area contributed by atoms with Gasteiger partial charge in [0.05, 0.1) is 0 Å². The Balaban J connectivity index is 4.37. The van der Waals surface area contributed by atoms with Crippen molar-refractivity contribution in [2.45, 2.75) is 25.5 Å². The summed E-state index contributed by atoms with van der Waals surface area (Å²) in [6, 6.07) is 0. The quantitative estimate of drug-likeness (QED) is 0.518. The fourth-order valence-corrected chi connectivity index (χ4v) is 0.404. The predicted molar refractivity (Wildman–Crippen MR) is 46.7 cm³/mol. The van der Waals surface area contributed by atoms with Crippen LogP contribution in [0.4, 0.5) is 13.2 Å². The number of halogens is 3. The van der Waals surface area contributed by atoms with Crippen LogP contribution in [-0.2, 0) is 0 Å². The van der Waals surface area contributed by atoms with Crippen molar-refractivity contribution in [1.82, 2.24) is 0 Å². The number of nitrogens with two attached hydrogens (primary N) is 1. The van der Waals surface area contributed by atoms with Crippen LogP contribution in [0, 0.1) is 0 Å². The summed E-state index contributed by atoms with van der Waals surface area (Å²) < 4.78 is 35.3. The van der Waals surface area contributed by atoms with Gasteiger partial charge >= 0.3 is 6.18 Å². The van der Waals surface area contributed by atoms with Gasteiger partial charge in [0.15, 0.2) is 0 Å². The molecule has 0 saturated carbocycles. The normalized spacial score (nSPS) is 15.3. The van der Waals surface area contributed by atoms with Crippen LogP contribution >= 0.6 is 0 Å². The van der Waals surface area contributed by atoms with Crippen LogP contribution in [0.2, 0.25) is 0 Å². The average molecular weight is 190 g/mol. The number of hydrogen-bond donors (Lipinski definition) is 1. The van der Waals surface area contributed by atoms with Crippen LogP contribution in [0.25, 0.3) is 0 Å². The lowest BCUT2D eigenvalue weighted by Gasteiger charge is -2.10. The Labute approximate surface area is 76.1 Å². The number of alkyl halides is 3. The molecule has 0 bridgehead atoms. The van der Waals surface area contributed by atoms with Gasteiger partial charge in [-0.15, -0.1) is 0 Å². The highest BCUT2D eigenvalue weighted by molar-refractivity contribution is 6.15. The second kappa shape index (κ2) is 3.85. The molecule has 0 aromatic rings. The lowest BCUT2D eigenvalue weighted by Crippen LogP contribution is -2.20. The Bertz CT molecular complexity index is 225. The lowest BCUT2D eigenvalue weighted by molar-refractivity contribution is -0.0925. The number of nitrogens with zero attached hydrogens (tertiary/aromatic N) is 1. The van der Waals surface area contributed by atoms with E-state index in [1.165, 1.54) is 0 Å². The SMILES string of the molecule is [B]C(C)(C)N=CC=C(N)C(F)(F)F. The third-order valence-electron chi connectivity index (χ3n) is 0.989. The third-order valence-corrected chi connectivity index (χ3v) is 0.989. The molecule has 2 radical (unpaired) electrons. The van der Waals surface area contributed by atoms with Crippen molar-refractivity contribution in [3.8, 4) is 0 Å². The second-order valence-corrected chi connectivity index (χ2v) is 3.05. The Hall–Kier alpha value is -0.935. The van der Waals surface area contributed by atoms with E-state index in [2.05, 4.69) is 10.7 Å². The molecule has 0 saturated heterocycles. The smallest absolute Gasteiger partial charge is 0.395 e. The van der Waals surface area contributed by atoms with E-state index in [0.29, 0.717) is 6.08 Å². The molecule has 72 valence electrons. The summed E-state index contributed by atoms with van der Waals surface area (Å²) in [6.45, 7) is 3.11. The van der Waals surface area contributed by atoms with Crippen molar-refractivity contribution in [1.29, 1.82) is 0 Å². The summed E-state index contributed by atoms with van der Waals surface area (Å²) in [5, 5.41) is 0. The first kappa shape index (κ1) is 12.1. The zero-order chi connectivity index (χ0) is 10.7. The minimum atomic E-state index is -4.51. The molecule has 0 heterocycles. The van der Waals surface area contributed by atoms with Gasteiger partial charge in [0.25, 0.3) is 0 Å². The topological polar surface area (TPSA) is 38.4 Å². The molecule has 0 rings (SSSR count). The molecule has 0 aromatic carbocycles. The Morgan fingerprint density at radius 3 is 2.15 bits per heavy atom. The van der Waals surface area contributed by atoms with Crippen molar-refractivity contribution in [3.63, 3.8) is 0 Å². The van der Waals surface area contributed by atoms with E-state index >= 15 is 0 Å². The largest absolute Gasteiger partial charge is 0.430 e. The van der Waals surface area contributed by atoms with Gasteiger partial charge in [-0.1, -0.05) is 0 Å². The van der Waals surface area contributed by atoms with Gasteiger partial charge < -0.3 is 5.73 Å². The molecule has 0 aliphatic heterocycles. The molecule has 2 nitrogen and oxygen atoms in total. The highest BCUT2D eigenvalue weighted by Crippen LogP contribution is 2.20. The van der Waals surface area contributed by atoms with E-state index in [4.69, 9.17) is 7.85 Å². The third kappa shape index (κ3) is 6.25. The minimum absolute atomic E-state index is 0.675. The molecule has 13 heavy (non-hydrogen) atoms. The molecular formula is C7H10BF3N2. The molecule has 0 atom stereocenters. The van der Waals surface area contributed by atoms with Crippen LogP contribution in [0.15, 0.2) is 16.8 Å². The fourth-order valence-electron chi connectivity index (χ4n) is 0.404. The summed E-state index contributed by atoms with van der Waals surface area (Å²) in [5.41, 5.74) is 2.60. The zero-order valence-corrected chi connectivity index (χ0v) is 7.39. The molecule has 0 aromatic heterocycles. The molecule has 0 aliphatic rings. The standard InChI is InChI=1S/C7H10BF3N2/c1-6(2,8)13-4-3-5(12)7(9,10)11/h3-4H,12H2,1-2H3. The van der Waals surface area contributed by atoms with Crippen LogP contribution in [0.5, 0.6) is 0 Å². The molecule has 2 N–H and O–H groups in total. The van der Waals surface area contributed by atoms with Crippen molar-refractivity contribution in [2.24, 2.45) is 10.7 Å². The summed E-state index contributed by atoms with van der Waals surface area (Å²) in [4.78, 5) is 3.61. The van der Waals surface area contributed by atoms with Gasteiger partial charge in [-0.25, -0.2) is 0 Å². The first-order valence-corrected chi connectivity index (χ1v) is 3.50. The monoisotopic (exact) mass is 190 g/mol. The van der Waals surface area contributed by atoms with Gasteiger partial charge in [-0.05, 0) is 19.9 Å². The lowest BCUT2D eigenvalue weighted by atomic mass is 9.83. The summed E-state index contributed by atoms with van der Waals surface area (Å²) in [5.74, 6) is 0. The van der Waals surface area contributed by atoms with Crippen LogP contribution in [0.1, 0.15) is 13.8 Å². The van der Waals surface area contributed by atoms with Gasteiger partial charge in [0.1, 0.15) is 13.5 Å². The Kier molecular flexibility index (Phi) is 3.57.